The average molecular weight is 405 g/mol. The molecule has 5 nitrogen and oxygen atoms in total. The molecule has 2 aromatic rings. The molecule has 2 aromatic carbocycles. The van der Waals surface area contributed by atoms with Gasteiger partial charge in [-0.05, 0) is 18.2 Å². The highest BCUT2D eigenvalue weighted by atomic mass is 35.5. The predicted octanol–water partition coefficient (Wildman–Crippen LogP) is 4.39. The number of anilines is 1. The van der Waals surface area contributed by atoms with Crippen LogP contribution >= 0.6 is 46.4 Å². The van der Waals surface area contributed by atoms with Gasteiger partial charge in [-0.2, -0.15) is 5.10 Å². The monoisotopic (exact) mass is 403 g/mol. The normalized spacial score (nSPS) is 10.7. The van der Waals surface area contributed by atoms with Crippen molar-refractivity contribution in [3.8, 4) is 0 Å². The van der Waals surface area contributed by atoms with Crippen LogP contribution in [0.3, 0.4) is 0 Å². The van der Waals surface area contributed by atoms with Gasteiger partial charge in [0, 0.05) is 5.56 Å². The summed E-state index contributed by atoms with van der Waals surface area (Å²) >= 11 is 23.6. The molecule has 0 bridgehead atoms. The van der Waals surface area contributed by atoms with Crippen LogP contribution in [0.15, 0.2) is 41.5 Å². The van der Waals surface area contributed by atoms with Crippen LogP contribution in [0.5, 0.6) is 0 Å². The van der Waals surface area contributed by atoms with E-state index < -0.39 is 11.8 Å². The van der Waals surface area contributed by atoms with Crippen molar-refractivity contribution in [1.29, 1.82) is 0 Å². The second-order valence-electron chi connectivity index (χ2n) is 4.40. The minimum atomic E-state index is -0.986. The Balaban J connectivity index is 1.99. The highest BCUT2D eigenvalue weighted by Gasteiger charge is 2.15. The van der Waals surface area contributed by atoms with Crippen molar-refractivity contribution in [3.05, 3.63) is 62.1 Å². The molecule has 0 unspecified atom stereocenters. The van der Waals surface area contributed by atoms with Gasteiger partial charge in [-0.3, -0.25) is 9.59 Å². The van der Waals surface area contributed by atoms with Crippen molar-refractivity contribution < 1.29 is 9.59 Å². The second-order valence-corrected chi connectivity index (χ2v) is 5.97. The molecule has 0 atom stereocenters. The maximum Gasteiger partial charge on any atom is 0.329 e. The molecule has 2 amide bonds. The van der Waals surface area contributed by atoms with E-state index in [2.05, 4.69) is 15.8 Å². The first-order valence-corrected chi connectivity index (χ1v) is 7.93. The standard InChI is InChI=1S/C15H9Cl4N3O2/c16-9-4-1-3-8(12(9)18)7-20-22-15(24)14(23)21-11-6-2-5-10(17)13(11)19/h1-7H,(H,21,23)(H,22,24). The van der Waals surface area contributed by atoms with Gasteiger partial charge in [0.25, 0.3) is 0 Å². The molecule has 2 N–H and O–H groups in total. The van der Waals surface area contributed by atoms with Gasteiger partial charge < -0.3 is 5.32 Å². The zero-order chi connectivity index (χ0) is 17.7. The van der Waals surface area contributed by atoms with Crippen LogP contribution in [0.25, 0.3) is 0 Å². The Bertz CT molecular complexity index is 824. The van der Waals surface area contributed by atoms with E-state index in [0.717, 1.165) is 0 Å². The zero-order valence-corrected chi connectivity index (χ0v) is 14.8. The fourth-order valence-corrected chi connectivity index (χ4v) is 2.32. The van der Waals surface area contributed by atoms with E-state index in [9.17, 15) is 9.59 Å². The van der Waals surface area contributed by atoms with Crippen LogP contribution in [0.1, 0.15) is 5.56 Å². The summed E-state index contributed by atoms with van der Waals surface area (Å²) in [4.78, 5) is 23.5. The van der Waals surface area contributed by atoms with E-state index in [1.165, 1.54) is 12.3 Å². The lowest BCUT2D eigenvalue weighted by molar-refractivity contribution is -0.136. The van der Waals surface area contributed by atoms with Gasteiger partial charge in [0.1, 0.15) is 0 Å². The van der Waals surface area contributed by atoms with Crippen LogP contribution < -0.4 is 10.7 Å². The number of benzene rings is 2. The van der Waals surface area contributed by atoms with Gasteiger partial charge in [0.15, 0.2) is 0 Å². The lowest BCUT2D eigenvalue weighted by Gasteiger charge is -2.07. The molecule has 9 heteroatoms. The number of nitrogens with zero attached hydrogens (tertiary/aromatic N) is 1. The molecule has 0 radical (unpaired) electrons. The number of hydrogen-bond acceptors (Lipinski definition) is 3. The number of carbonyl (C=O) groups excluding carboxylic acids is 2. The summed E-state index contributed by atoms with van der Waals surface area (Å²) in [5.74, 6) is -1.94. The molecule has 0 heterocycles. The highest BCUT2D eigenvalue weighted by Crippen LogP contribution is 2.29. The number of nitrogens with one attached hydrogen (secondary N) is 2. The maximum atomic E-state index is 11.8. The molecule has 124 valence electrons. The van der Waals surface area contributed by atoms with Crippen molar-refractivity contribution in [2.45, 2.75) is 0 Å². The van der Waals surface area contributed by atoms with E-state index in [1.54, 1.807) is 30.3 Å². The fourth-order valence-electron chi connectivity index (χ4n) is 1.61. The third-order valence-corrected chi connectivity index (χ3v) is 4.41. The number of rotatable bonds is 3. The van der Waals surface area contributed by atoms with Crippen molar-refractivity contribution >= 4 is 70.1 Å². The number of hydrogen-bond donors (Lipinski definition) is 2. The van der Waals surface area contributed by atoms with Crippen LogP contribution in [-0.2, 0) is 9.59 Å². The quantitative estimate of drug-likeness (QED) is 0.452. The largest absolute Gasteiger partial charge is 0.329 e. The van der Waals surface area contributed by atoms with E-state index in [-0.39, 0.29) is 20.8 Å². The van der Waals surface area contributed by atoms with E-state index >= 15 is 0 Å². The summed E-state index contributed by atoms with van der Waals surface area (Å²) in [5.41, 5.74) is 2.78. The Morgan fingerprint density at radius 2 is 1.50 bits per heavy atom. The molecule has 0 fully saturated rings. The highest BCUT2D eigenvalue weighted by molar-refractivity contribution is 6.46. The molecule has 0 saturated heterocycles. The summed E-state index contributed by atoms with van der Waals surface area (Å²) in [6.07, 6.45) is 1.27. The SMILES string of the molecule is O=C(NN=Cc1cccc(Cl)c1Cl)C(=O)Nc1cccc(Cl)c1Cl. The van der Waals surface area contributed by atoms with Crippen LogP contribution in [0.4, 0.5) is 5.69 Å². The van der Waals surface area contributed by atoms with Crippen LogP contribution in [0, 0.1) is 0 Å². The topological polar surface area (TPSA) is 70.6 Å². The molecule has 0 aliphatic heterocycles. The van der Waals surface area contributed by atoms with E-state index in [4.69, 9.17) is 46.4 Å². The van der Waals surface area contributed by atoms with Crippen LogP contribution in [-0.4, -0.2) is 18.0 Å². The Hall–Kier alpha value is -1.79. The van der Waals surface area contributed by atoms with Crippen molar-refractivity contribution in [3.63, 3.8) is 0 Å². The van der Waals surface area contributed by atoms with Gasteiger partial charge in [-0.25, -0.2) is 5.43 Å². The molecule has 24 heavy (non-hydrogen) atoms. The lowest BCUT2D eigenvalue weighted by atomic mass is 10.2. The molecule has 2 rings (SSSR count). The van der Waals surface area contributed by atoms with Gasteiger partial charge in [0.2, 0.25) is 0 Å². The number of halogens is 4. The third-order valence-electron chi connectivity index (χ3n) is 2.76. The van der Waals surface area contributed by atoms with Gasteiger partial charge in [-0.15, -0.1) is 0 Å². The van der Waals surface area contributed by atoms with Crippen molar-refractivity contribution in [2.24, 2.45) is 5.10 Å². The Morgan fingerprint density at radius 3 is 2.21 bits per heavy atom. The number of hydrazone groups is 1. The Morgan fingerprint density at radius 1 is 0.875 bits per heavy atom. The molecule has 0 aliphatic carbocycles. The molecule has 0 aromatic heterocycles. The van der Waals surface area contributed by atoms with E-state index in [1.807, 2.05) is 0 Å². The molecule has 0 spiro atoms. The predicted molar refractivity (Wildman–Crippen MR) is 97.3 cm³/mol. The Labute approximate surface area is 157 Å². The summed E-state index contributed by atoms with van der Waals surface area (Å²) in [7, 11) is 0. The third kappa shape index (κ3) is 4.61. The second kappa shape index (κ2) is 8.35. The molecule has 0 aliphatic rings. The lowest BCUT2D eigenvalue weighted by Crippen LogP contribution is -2.32. The number of amides is 2. The minimum absolute atomic E-state index is 0.134. The van der Waals surface area contributed by atoms with Crippen molar-refractivity contribution in [2.75, 3.05) is 5.32 Å². The summed E-state index contributed by atoms with van der Waals surface area (Å²) in [6, 6.07) is 9.58. The smallest absolute Gasteiger partial charge is 0.316 e. The molecular formula is C15H9Cl4N3O2. The minimum Gasteiger partial charge on any atom is -0.316 e. The summed E-state index contributed by atoms with van der Waals surface area (Å²) in [5, 5.41) is 7.01. The fraction of sp³-hybridized carbons (Fsp3) is 0. The molecular weight excluding hydrogens is 396 g/mol. The summed E-state index contributed by atoms with van der Waals surface area (Å²) < 4.78 is 0. The van der Waals surface area contributed by atoms with Gasteiger partial charge in [0.05, 0.1) is 32.0 Å². The maximum absolute atomic E-state index is 11.8. The molecule has 0 saturated carbocycles. The first kappa shape index (κ1) is 18.5. The first-order chi connectivity index (χ1) is 11.4. The zero-order valence-electron chi connectivity index (χ0n) is 11.8. The summed E-state index contributed by atoms with van der Waals surface area (Å²) in [6.45, 7) is 0. The van der Waals surface area contributed by atoms with Gasteiger partial charge >= 0.3 is 11.8 Å². The van der Waals surface area contributed by atoms with Crippen molar-refractivity contribution in [1.82, 2.24) is 5.43 Å². The first-order valence-electron chi connectivity index (χ1n) is 6.42. The van der Waals surface area contributed by atoms with Crippen LogP contribution in [0.2, 0.25) is 20.1 Å². The average Bonchev–Trinajstić information content (AvgIpc) is 2.55. The Kier molecular flexibility index (Phi) is 6.45. The number of carbonyl (C=O) groups is 2. The van der Waals surface area contributed by atoms with Gasteiger partial charge in [-0.1, -0.05) is 64.6 Å². The van der Waals surface area contributed by atoms with E-state index in [0.29, 0.717) is 10.6 Å².